The second-order valence-corrected chi connectivity index (χ2v) is 5.84. The van der Waals surface area contributed by atoms with Crippen molar-refractivity contribution in [2.24, 2.45) is 0 Å². The molecule has 0 unspecified atom stereocenters. The molecule has 0 radical (unpaired) electrons. The molecule has 0 atom stereocenters. The SMILES string of the molecule is O=C(Nc1ccc2cc[nH]c2c1)c1cccnc1NCc1ccncc1. The summed E-state index contributed by atoms with van der Waals surface area (Å²) in [6.45, 7) is 0.564. The van der Waals surface area contributed by atoms with E-state index in [0.717, 1.165) is 22.2 Å². The Balaban J connectivity index is 1.52. The second kappa shape index (κ2) is 7.06. The van der Waals surface area contributed by atoms with Crippen molar-refractivity contribution in [2.45, 2.75) is 6.54 Å². The van der Waals surface area contributed by atoms with E-state index in [-0.39, 0.29) is 5.91 Å². The molecule has 128 valence electrons. The van der Waals surface area contributed by atoms with Crippen LogP contribution in [0.5, 0.6) is 0 Å². The molecule has 1 aromatic carbocycles. The minimum atomic E-state index is -0.207. The van der Waals surface area contributed by atoms with Crippen LogP contribution in [0.2, 0.25) is 0 Å². The molecule has 4 rings (SSSR count). The number of amides is 1. The van der Waals surface area contributed by atoms with Gasteiger partial charge in [-0.2, -0.15) is 0 Å². The van der Waals surface area contributed by atoms with Gasteiger partial charge in [0.1, 0.15) is 5.82 Å². The summed E-state index contributed by atoms with van der Waals surface area (Å²) in [5, 5.41) is 7.25. The number of aromatic nitrogens is 3. The van der Waals surface area contributed by atoms with Crippen LogP contribution in [-0.4, -0.2) is 20.9 Å². The quantitative estimate of drug-likeness (QED) is 0.514. The van der Waals surface area contributed by atoms with Crippen LogP contribution in [0.15, 0.2) is 73.3 Å². The molecule has 1 amide bonds. The maximum Gasteiger partial charge on any atom is 0.259 e. The smallest absolute Gasteiger partial charge is 0.259 e. The largest absolute Gasteiger partial charge is 0.365 e. The fraction of sp³-hybridized carbons (Fsp3) is 0.0500. The van der Waals surface area contributed by atoms with Crippen molar-refractivity contribution < 1.29 is 4.79 Å². The first-order valence-corrected chi connectivity index (χ1v) is 8.26. The van der Waals surface area contributed by atoms with Crippen LogP contribution in [0, 0.1) is 0 Å². The molecule has 26 heavy (non-hydrogen) atoms. The normalized spacial score (nSPS) is 10.6. The summed E-state index contributed by atoms with van der Waals surface area (Å²) in [6, 6.07) is 15.1. The van der Waals surface area contributed by atoms with Gasteiger partial charge in [0.15, 0.2) is 0 Å². The number of anilines is 2. The summed E-state index contributed by atoms with van der Waals surface area (Å²) in [4.78, 5) is 24.2. The van der Waals surface area contributed by atoms with E-state index in [4.69, 9.17) is 0 Å². The summed E-state index contributed by atoms with van der Waals surface area (Å²) in [6.07, 6.45) is 7.01. The van der Waals surface area contributed by atoms with Gasteiger partial charge in [0.2, 0.25) is 0 Å². The number of nitrogens with one attached hydrogen (secondary N) is 3. The number of H-pyrrole nitrogens is 1. The van der Waals surface area contributed by atoms with Gasteiger partial charge in [-0.05, 0) is 53.4 Å². The van der Waals surface area contributed by atoms with Gasteiger partial charge in [-0.25, -0.2) is 4.98 Å². The van der Waals surface area contributed by atoms with E-state index >= 15 is 0 Å². The minimum Gasteiger partial charge on any atom is -0.365 e. The number of nitrogens with zero attached hydrogens (tertiary/aromatic N) is 2. The van der Waals surface area contributed by atoms with Gasteiger partial charge < -0.3 is 15.6 Å². The van der Waals surface area contributed by atoms with Crippen molar-refractivity contribution >= 4 is 28.3 Å². The molecule has 6 heteroatoms. The predicted molar refractivity (Wildman–Crippen MR) is 102 cm³/mol. The molecule has 0 saturated heterocycles. The number of carbonyl (C=O) groups is 1. The molecule has 0 aliphatic rings. The molecule has 0 saturated carbocycles. The summed E-state index contributed by atoms with van der Waals surface area (Å²) in [5.41, 5.74) is 3.27. The molecule has 0 aliphatic heterocycles. The van der Waals surface area contributed by atoms with Crippen molar-refractivity contribution in [2.75, 3.05) is 10.6 Å². The lowest BCUT2D eigenvalue weighted by Gasteiger charge is -2.11. The molecule has 0 aliphatic carbocycles. The molecule has 0 spiro atoms. The molecular weight excluding hydrogens is 326 g/mol. The fourth-order valence-electron chi connectivity index (χ4n) is 2.74. The highest BCUT2D eigenvalue weighted by Gasteiger charge is 2.12. The number of hydrogen-bond donors (Lipinski definition) is 3. The molecular formula is C20H17N5O. The first kappa shape index (κ1) is 15.8. The highest BCUT2D eigenvalue weighted by molar-refractivity contribution is 6.08. The van der Waals surface area contributed by atoms with Crippen LogP contribution in [0.3, 0.4) is 0 Å². The van der Waals surface area contributed by atoms with E-state index in [2.05, 4.69) is 25.6 Å². The number of aromatic amines is 1. The van der Waals surface area contributed by atoms with Gasteiger partial charge in [0, 0.05) is 42.5 Å². The minimum absolute atomic E-state index is 0.207. The monoisotopic (exact) mass is 343 g/mol. The Morgan fingerprint density at radius 1 is 1.04 bits per heavy atom. The summed E-state index contributed by atoms with van der Waals surface area (Å²) in [7, 11) is 0. The highest BCUT2D eigenvalue weighted by atomic mass is 16.1. The average molecular weight is 343 g/mol. The molecule has 3 aromatic heterocycles. The van der Waals surface area contributed by atoms with Crippen LogP contribution >= 0.6 is 0 Å². The molecule has 4 aromatic rings. The van der Waals surface area contributed by atoms with E-state index in [1.165, 1.54) is 0 Å². The molecule has 3 N–H and O–H groups in total. The van der Waals surface area contributed by atoms with Gasteiger partial charge in [0.25, 0.3) is 5.91 Å². The lowest BCUT2D eigenvalue weighted by atomic mass is 10.2. The molecule has 3 heterocycles. The lowest BCUT2D eigenvalue weighted by Crippen LogP contribution is -2.15. The molecule has 0 bridgehead atoms. The first-order chi connectivity index (χ1) is 12.8. The Kier molecular flexibility index (Phi) is 4.30. The summed E-state index contributed by atoms with van der Waals surface area (Å²) < 4.78 is 0. The maximum atomic E-state index is 12.7. The zero-order valence-electron chi connectivity index (χ0n) is 13.9. The molecule has 6 nitrogen and oxygen atoms in total. The number of fused-ring (bicyclic) bond motifs is 1. The Bertz CT molecular complexity index is 1040. The van der Waals surface area contributed by atoms with Crippen molar-refractivity contribution in [3.05, 3.63) is 84.4 Å². The Morgan fingerprint density at radius 3 is 2.81 bits per heavy atom. The van der Waals surface area contributed by atoms with Gasteiger partial charge in [0.05, 0.1) is 5.56 Å². The topological polar surface area (TPSA) is 82.7 Å². The van der Waals surface area contributed by atoms with E-state index in [0.29, 0.717) is 17.9 Å². The zero-order valence-corrected chi connectivity index (χ0v) is 13.9. The fourth-order valence-corrected chi connectivity index (χ4v) is 2.74. The molecule has 0 fully saturated rings. The standard InChI is InChI=1S/C20H17N5O/c26-20(25-16-4-3-15-7-11-22-18(15)12-16)17-2-1-8-23-19(17)24-13-14-5-9-21-10-6-14/h1-12,22H,13H2,(H,23,24)(H,25,26). The van der Waals surface area contributed by atoms with Crippen LogP contribution < -0.4 is 10.6 Å². The first-order valence-electron chi connectivity index (χ1n) is 8.26. The third-order valence-electron chi connectivity index (χ3n) is 4.07. The van der Waals surface area contributed by atoms with Crippen molar-refractivity contribution in [3.8, 4) is 0 Å². The van der Waals surface area contributed by atoms with Gasteiger partial charge in [-0.3, -0.25) is 9.78 Å². The number of hydrogen-bond acceptors (Lipinski definition) is 4. The van der Waals surface area contributed by atoms with E-state index in [1.807, 2.05) is 42.6 Å². The summed E-state index contributed by atoms with van der Waals surface area (Å²) >= 11 is 0. The van der Waals surface area contributed by atoms with Crippen LogP contribution in [0.1, 0.15) is 15.9 Å². The Morgan fingerprint density at radius 2 is 1.92 bits per heavy atom. The Labute approximate surface area is 150 Å². The van der Waals surface area contributed by atoms with Crippen molar-refractivity contribution in [1.82, 2.24) is 15.0 Å². The van der Waals surface area contributed by atoms with Crippen LogP contribution in [-0.2, 0) is 6.54 Å². The summed E-state index contributed by atoms with van der Waals surface area (Å²) in [5.74, 6) is 0.337. The van der Waals surface area contributed by atoms with Crippen molar-refractivity contribution in [3.63, 3.8) is 0 Å². The highest BCUT2D eigenvalue weighted by Crippen LogP contribution is 2.20. The van der Waals surface area contributed by atoms with Crippen molar-refractivity contribution in [1.29, 1.82) is 0 Å². The Hall–Kier alpha value is -3.67. The lowest BCUT2D eigenvalue weighted by molar-refractivity contribution is 0.102. The second-order valence-electron chi connectivity index (χ2n) is 5.84. The zero-order chi connectivity index (χ0) is 17.8. The number of rotatable bonds is 5. The third kappa shape index (κ3) is 3.39. The van der Waals surface area contributed by atoms with E-state index in [9.17, 15) is 4.79 Å². The van der Waals surface area contributed by atoms with E-state index in [1.54, 1.807) is 30.7 Å². The van der Waals surface area contributed by atoms with Gasteiger partial charge in [-0.1, -0.05) is 6.07 Å². The number of pyridine rings is 2. The maximum absolute atomic E-state index is 12.7. The number of benzene rings is 1. The predicted octanol–water partition coefficient (Wildman–Crippen LogP) is 3.82. The number of carbonyl (C=O) groups excluding carboxylic acids is 1. The van der Waals surface area contributed by atoms with Crippen LogP contribution in [0.4, 0.5) is 11.5 Å². The van der Waals surface area contributed by atoms with E-state index < -0.39 is 0 Å². The third-order valence-corrected chi connectivity index (χ3v) is 4.07. The van der Waals surface area contributed by atoms with Gasteiger partial charge >= 0.3 is 0 Å². The average Bonchev–Trinajstić information content (AvgIpc) is 3.15. The van der Waals surface area contributed by atoms with Gasteiger partial charge in [-0.15, -0.1) is 0 Å². The van der Waals surface area contributed by atoms with Crippen LogP contribution in [0.25, 0.3) is 10.9 Å².